The van der Waals surface area contributed by atoms with Gasteiger partial charge in [0.1, 0.15) is 12.4 Å². The third-order valence-electron chi connectivity index (χ3n) is 3.24. The normalized spacial score (nSPS) is 10.3. The molecular weight excluding hydrogens is 296 g/mol. The number of benzene rings is 2. The van der Waals surface area contributed by atoms with E-state index in [2.05, 4.69) is 60.7 Å². The number of nitrogens with one attached hydrogen (secondary N) is 1. The van der Waals surface area contributed by atoms with Gasteiger partial charge in [-0.2, -0.15) is 0 Å². The van der Waals surface area contributed by atoms with Gasteiger partial charge in [-0.15, -0.1) is 0 Å². The highest BCUT2D eigenvalue weighted by molar-refractivity contribution is 5.63. The van der Waals surface area contributed by atoms with Crippen molar-refractivity contribution in [2.45, 2.75) is 0 Å². The molecule has 0 aliphatic rings. The molecular formula is C18H24ClN2O-. The van der Waals surface area contributed by atoms with Crippen LogP contribution < -0.4 is 22.5 Å². The lowest BCUT2D eigenvalue weighted by Gasteiger charge is -2.11. The van der Waals surface area contributed by atoms with Crippen LogP contribution in [0.15, 0.2) is 54.6 Å². The summed E-state index contributed by atoms with van der Waals surface area (Å²) < 4.78 is 5.73. The monoisotopic (exact) mass is 319 g/mol. The molecule has 2 aromatic rings. The minimum absolute atomic E-state index is 0. The Morgan fingerprint density at radius 2 is 1.50 bits per heavy atom. The lowest BCUT2D eigenvalue weighted by molar-refractivity contribution is -0.00000481. The molecule has 0 aliphatic heterocycles. The summed E-state index contributed by atoms with van der Waals surface area (Å²) in [5.74, 6) is 0.920. The van der Waals surface area contributed by atoms with Crippen molar-refractivity contribution in [3.05, 3.63) is 54.6 Å². The molecule has 22 heavy (non-hydrogen) atoms. The Labute approximate surface area is 139 Å². The van der Waals surface area contributed by atoms with Crippen LogP contribution in [0.3, 0.4) is 0 Å². The Kier molecular flexibility index (Phi) is 8.60. The van der Waals surface area contributed by atoms with E-state index in [-0.39, 0.29) is 12.4 Å². The summed E-state index contributed by atoms with van der Waals surface area (Å²) in [7, 11) is 4.15. The molecule has 0 bridgehead atoms. The molecule has 3 nitrogen and oxygen atoms in total. The second-order valence-electron chi connectivity index (χ2n) is 5.29. The van der Waals surface area contributed by atoms with E-state index in [1.54, 1.807) is 0 Å². The van der Waals surface area contributed by atoms with E-state index < -0.39 is 0 Å². The second kappa shape index (κ2) is 10.2. The Morgan fingerprint density at radius 3 is 2.14 bits per heavy atom. The third kappa shape index (κ3) is 6.48. The van der Waals surface area contributed by atoms with E-state index in [0.29, 0.717) is 6.61 Å². The van der Waals surface area contributed by atoms with Gasteiger partial charge in [-0.1, -0.05) is 42.5 Å². The van der Waals surface area contributed by atoms with Gasteiger partial charge < -0.3 is 27.4 Å². The fraction of sp³-hybridized carbons (Fsp3) is 0.333. The van der Waals surface area contributed by atoms with Gasteiger partial charge >= 0.3 is 0 Å². The van der Waals surface area contributed by atoms with E-state index in [1.165, 1.54) is 11.1 Å². The molecule has 0 atom stereocenters. The molecule has 0 aromatic heterocycles. The van der Waals surface area contributed by atoms with Crippen LogP contribution in [0.4, 0.5) is 0 Å². The molecule has 120 valence electrons. The molecule has 0 fully saturated rings. The number of rotatable bonds is 8. The van der Waals surface area contributed by atoms with E-state index in [4.69, 9.17) is 4.74 Å². The smallest absolute Gasteiger partial charge is 0.119 e. The van der Waals surface area contributed by atoms with Crippen LogP contribution in [0.2, 0.25) is 0 Å². The largest absolute Gasteiger partial charge is 1.00 e. The standard InChI is InChI=1S/C18H24N2O.ClH/c1-20(2)14-12-19-13-15-21-18-10-8-17(9-11-18)16-6-4-3-5-7-16;/h3-11,19H,12-15H2,1-2H3;1H/p-1. The topological polar surface area (TPSA) is 24.5 Å². The summed E-state index contributed by atoms with van der Waals surface area (Å²) in [6.07, 6.45) is 0. The lowest BCUT2D eigenvalue weighted by atomic mass is 10.1. The Morgan fingerprint density at radius 1 is 0.864 bits per heavy atom. The van der Waals surface area contributed by atoms with Gasteiger partial charge in [-0.25, -0.2) is 0 Å². The molecule has 2 aromatic carbocycles. The molecule has 0 amide bonds. The van der Waals surface area contributed by atoms with Crippen molar-refractivity contribution in [2.75, 3.05) is 40.3 Å². The summed E-state index contributed by atoms with van der Waals surface area (Å²) in [5, 5.41) is 3.36. The van der Waals surface area contributed by atoms with Crippen molar-refractivity contribution in [1.29, 1.82) is 0 Å². The summed E-state index contributed by atoms with van der Waals surface area (Å²) in [5.41, 5.74) is 2.45. The van der Waals surface area contributed by atoms with E-state index >= 15 is 0 Å². The SMILES string of the molecule is CN(C)CCNCCOc1ccc(-c2ccccc2)cc1.[Cl-]. The molecule has 0 radical (unpaired) electrons. The van der Waals surface area contributed by atoms with Crippen molar-refractivity contribution in [3.8, 4) is 16.9 Å². The highest BCUT2D eigenvalue weighted by Crippen LogP contribution is 2.21. The number of hydrogen-bond donors (Lipinski definition) is 1. The van der Waals surface area contributed by atoms with Crippen molar-refractivity contribution >= 4 is 0 Å². The van der Waals surface area contributed by atoms with Crippen molar-refractivity contribution in [3.63, 3.8) is 0 Å². The van der Waals surface area contributed by atoms with Crippen molar-refractivity contribution < 1.29 is 17.1 Å². The van der Waals surface area contributed by atoms with Gasteiger partial charge in [-0.05, 0) is 37.4 Å². The fourth-order valence-electron chi connectivity index (χ4n) is 2.04. The summed E-state index contributed by atoms with van der Waals surface area (Å²) in [4.78, 5) is 2.16. The summed E-state index contributed by atoms with van der Waals surface area (Å²) in [6.45, 7) is 3.60. The number of halogens is 1. The van der Waals surface area contributed by atoms with Gasteiger partial charge in [0.15, 0.2) is 0 Å². The van der Waals surface area contributed by atoms with E-state index in [0.717, 1.165) is 25.4 Å². The van der Waals surface area contributed by atoms with Crippen LogP contribution in [-0.4, -0.2) is 45.2 Å². The van der Waals surface area contributed by atoms with Crippen LogP contribution in [0.5, 0.6) is 5.75 Å². The Hall–Kier alpha value is -1.55. The molecule has 0 saturated carbocycles. The van der Waals surface area contributed by atoms with Crippen LogP contribution in [0.1, 0.15) is 0 Å². The highest BCUT2D eigenvalue weighted by atomic mass is 35.5. The number of hydrogen-bond acceptors (Lipinski definition) is 3. The molecule has 0 saturated heterocycles. The maximum absolute atomic E-state index is 5.73. The highest BCUT2D eigenvalue weighted by Gasteiger charge is 1.98. The first-order valence-electron chi connectivity index (χ1n) is 7.39. The van der Waals surface area contributed by atoms with Gasteiger partial charge in [-0.3, -0.25) is 0 Å². The molecule has 4 heteroatoms. The van der Waals surface area contributed by atoms with Crippen molar-refractivity contribution in [1.82, 2.24) is 10.2 Å². The molecule has 0 aliphatic carbocycles. The van der Waals surface area contributed by atoms with Crippen molar-refractivity contribution in [2.24, 2.45) is 0 Å². The first-order chi connectivity index (χ1) is 10.3. The van der Waals surface area contributed by atoms with Crippen LogP contribution >= 0.6 is 0 Å². The molecule has 0 unspecified atom stereocenters. The fourth-order valence-corrected chi connectivity index (χ4v) is 2.04. The predicted octanol–water partition coefficient (Wildman–Crippen LogP) is -0.112. The van der Waals surface area contributed by atoms with Gasteiger partial charge in [0.2, 0.25) is 0 Å². The quantitative estimate of drug-likeness (QED) is 0.687. The van der Waals surface area contributed by atoms with Gasteiger partial charge in [0.25, 0.3) is 0 Å². The van der Waals surface area contributed by atoms with E-state index in [1.807, 2.05) is 18.2 Å². The average molecular weight is 320 g/mol. The first kappa shape index (κ1) is 18.5. The Bertz CT molecular complexity index is 514. The van der Waals surface area contributed by atoms with E-state index in [9.17, 15) is 0 Å². The maximum Gasteiger partial charge on any atom is 0.119 e. The number of ether oxygens (including phenoxy) is 1. The zero-order chi connectivity index (χ0) is 14.9. The molecule has 2 rings (SSSR count). The molecule has 0 heterocycles. The lowest BCUT2D eigenvalue weighted by Crippen LogP contribution is -3.00. The third-order valence-corrected chi connectivity index (χ3v) is 3.24. The second-order valence-corrected chi connectivity index (χ2v) is 5.29. The summed E-state index contributed by atoms with van der Waals surface area (Å²) >= 11 is 0. The summed E-state index contributed by atoms with van der Waals surface area (Å²) in [6, 6.07) is 18.6. The first-order valence-corrected chi connectivity index (χ1v) is 7.39. The Balaban J connectivity index is 0.00000242. The molecule has 0 spiro atoms. The van der Waals surface area contributed by atoms with Gasteiger partial charge in [0, 0.05) is 19.6 Å². The minimum Gasteiger partial charge on any atom is -1.00 e. The zero-order valence-corrected chi connectivity index (χ0v) is 14.0. The van der Waals surface area contributed by atoms with Crippen LogP contribution in [-0.2, 0) is 0 Å². The minimum atomic E-state index is 0. The number of nitrogens with zero attached hydrogens (tertiary/aromatic N) is 1. The number of likely N-dealkylation sites (N-methyl/N-ethyl adjacent to an activating group) is 1. The van der Waals surface area contributed by atoms with Gasteiger partial charge in [0.05, 0.1) is 0 Å². The predicted molar refractivity (Wildman–Crippen MR) is 88.8 cm³/mol. The van der Waals surface area contributed by atoms with Crippen LogP contribution in [0, 0.1) is 0 Å². The molecule has 1 N–H and O–H groups in total. The van der Waals surface area contributed by atoms with Crippen LogP contribution in [0.25, 0.3) is 11.1 Å². The maximum atomic E-state index is 5.73. The zero-order valence-electron chi connectivity index (χ0n) is 13.3. The average Bonchev–Trinajstić information content (AvgIpc) is 2.52.